The molecule has 9 heteroatoms. The van der Waals surface area contributed by atoms with Crippen LogP contribution in [-0.2, 0) is 5.41 Å². The molecule has 0 amide bonds. The first-order chi connectivity index (χ1) is 14.4. The summed E-state index contributed by atoms with van der Waals surface area (Å²) in [6, 6.07) is 7.23. The summed E-state index contributed by atoms with van der Waals surface area (Å²) in [6.45, 7) is 3.04. The normalized spacial score (nSPS) is 22.9. The number of phenolic OH excluding ortho intramolecular Hbond substituents is 1. The highest BCUT2D eigenvalue weighted by Gasteiger charge is 2.64. The lowest BCUT2D eigenvalue weighted by molar-refractivity contribution is -0.275. The van der Waals surface area contributed by atoms with E-state index in [1.54, 1.807) is 18.2 Å². The van der Waals surface area contributed by atoms with E-state index in [2.05, 4.69) is 10.3 Å². The number of alkyl halides is 3. The van der Waals surface area contributed by atoms with E-state index < -0.39 is 29.7 Å². The summed E-state index contributed by atoms with van der Waals surface area (Å²) in [5.41, 5.74) is -4.18. The quantitative estimate of drug-likeness (QED) is 0.440. The zero-order valence-corrected chi connectivity index (χ0v) is 17.4. The minimum Gasteiger partial charge on any atom is -0.506 e. The number of aromatic hydroxyl groups is 1. The molecule has 0 saturated carbocycles. The van der Waals surface area contributed by atoms with Gasteiger partial charge in [-0.2, -0.15) is 13.2 Å². The Hall–Kier alpha value is -2.71. The van der Waals surface area contributed by atoms with Gasteiger partial charge in [-0.3, -0.25) is 4.79 Å². The van der Waals surface area contributed by atoms with Crippen molar-refractivity contribution in [1.82, 2.24) is 4.98 Å². The average Bonchev–Trinajstić information content (AvgIpc) is 2.66. The second-order valence-electron chi connectivity index (χ2n) is 8.49. The van der Waals surface area contributed by atoms with Gasteiger partial charge in [-0.15, -0.1) is 0 Å². The van der Waals surface area contributed by atoms with E-state index in [0.29, 0.717) is 10.8 Å². The molecule has 2 aromatic carbocycles. The van der Waals surface area contributed by atoms with Gasteiger partial charge in [-0.1, -0.05) is 37.6 Å². The third-order valence-corrected chi connectivity index (χ3v) is 6.25. The van der Waals surface area contributed by atoms with E-state index in [0.717, 1.165) is 0 Å². The van der Waals surface area contributed by atoms with Crippen LogP contribution in [0.3, 0.4) is 0 Å². The maximum atomic E-state index is 14.2. The number of phenols is 1. The van der Waals surface area contributed by atoms with Gasteiger partial charge in [0.05, 0.1) is 11.1 Å². The van der Waals surface area contributed by atoms with Gasteiger partial charge >= 0.3 is 6.18 Å². The number of pyridine rings is 1. The number of halogens is 4. The maximum Gasteiger partial charge on any atom is 0.419 e. The first kappa shape index (κ1) is 21.5. The Morgan fingerprint density at radius 2 is 1.87 bits per heavy atom. The summed E-state index contributed by atoms with van der Waals surface area (Å²) in [5, 5.41) is 25.1. The zero-order chi connectivity index (χ0) is 22.8. The molecule has 0 spiro atoms. The number of benzene rings is 2. The lowest BCUT2D eigenvalue weighted by Crippen LogP contribution is -2.58. The van der Waals surface area contributed by atoms with Gasteiger partial charge in [0, 0.05) is 28.2 Å². The van der Waals surface area contributed by atoms with E-state index >= 15 is 0 Å². The predicted molar refractivity (Wildman–Crippen MR) is 113 cm³/mol. The third-order valence-electron chi connectivity index (χ3n) is 5.94. The molecule has 4 N–H and O–H groups in total. The Bertz CT molecular complexity index is 1240. The molecule has 2 atom stereocenters. The highest BCUT2D eigenvalue weighted by molar-refractivity contribution is 6.32. The predicted octanol–water partition coefficient (Wildman–Crippen LogP) is 5.02. The monoisotopic (exact) mass is 452 g/mol. The molecule has 0 bridgehead atoms. The average molecular weight is 453 g/mol. The fraction of sp³-hybridized carbons (Fsp3) is 0.318. The molecule has 0 saturated heterocycles. The van der Waals surface area contributed by atoms with Crippen molar-refractivity contribution in [1.29, 1.82) is 0 Å². The number of fused-ring (bicyclic) bond motifs is 2. The molecule has 4 rings (SSSR count). The molecular formula is C22H20ClF3N2O3. The number of aliphatic hydroxyl groups is 1. The highest BCUT2D eigenvalue weighted by Crippen LogP contribution is 2.57. The molecule has 31 heavy (non-hydrogen) atoms. The van der Waals surface area contributed by atoms with Crippen LogP contribution in [0.5, 0.6) is 5.75 Å². The van der Waals surface area contributed by atoms with Crippen LogP contribution < -0.4 is 10.9 Å². The summed E-state index contributed by atoms with van der Waals surface area (Å²) < 4.78 is 42.7. The summed E-state index contributed by atoms with van der Waals surface area (Å²) >= 11 is 6.04. The number of H-pyrrole nitrogens is 1. The Balaban J connectivity index is 1.98. The summed E-state index contributed by atoms with van der Waals surface area (Å²) in [7, 11) is 0. The van der Waals surface area contributed by atoms with Crippen molar-refractivity contribution in [3.05, 3.63) is 69.1 Å². The van der Waals surface area contributed by atoms with Crippen LogP contribution in [0.4, 0.5) is 18.9 Å². The first-order valence-corrected chi connectivity index (χ1v) is 9.92. The summed E-state index contributed by atoms with van der Waals surface area (Å²) in [6.07, 6.45) is -4.28. The van der Waals surface area contributed by atoms with Crippen molar-refractivity contribution in [2.24, 2.45) is 0 Å². The SMILES string of the molecule is CC1(C)CC(O)(C(F)(F)F)C(Nc2cccc3c(=O)[nH]ccc23)c2ccc(Cl)c(O)c21. The van der Waals surface area contributed by atoms with Crippen molar-refractivity contribution < 1.29 is 23.4 Å². The van der Waals surface area contributed by atoms with Crippen LogP contribution >= 0.6 is 11.6 Å². The van der Waals surface area contributed by atoms with Gasteiger partial charge in [0.25, 0.3) is 5.56 Å². The van der Waals surface area contributed by atoms with Gasteiger partial charge in [-0.25, -0.2) is 0 Å². The number of rotatable bonds is 2. The first-order valence-electron chi connectivity index (χ1n) is 9.55. The molecule has 164 valence electrons. The Morgan fingerprint density at radius 1 is 1.16 bits per heavy atom. The fourth-order valence-electron chi connectivity index (χ4n) is 4.62. The molecule has 5 nitrogen and oxygen atoms in total. The number of hydrogen-bond donors (Lipinski definition) is 4. The van der Waals surface area contributed by atoms with Crippen molar-refractivity contribution in [2.45, 2.75) is 43.5 Å². The largest absolute Gasteiger partial charge is 0.506 e. The molecule has 1 aliphatic carbocycles. The Labute approximate surface area is 180 Å². The Kier molecular flexibility index (Phi) is 4.79. The van der Waals surface area contributed by atoms with Crippen LogP contribution in [0.2, 0.25) is 5.02 Å². The standard InChI is InChI=1S/C22H20ClF3N2O3/c1-20(2)10-21(31,22(24,25)26)18(13-6-7-14(23)17(29)16(13)20)28-15-5-3-4-12-11(15)8-9-27-19(12)30/h3-9,18,28-29,31H,10H2,1-2H3,(H,27,30). The fourth-order valence-corrected chi connectivity index (χ4v) is 4.78. The van der Waals surface area contributed by atoms with Gasteiger partial charge in [0.2, 0.25) is 0 Å². The van der Waals surface area contributed by atoms with Gasteiger partial charge < -0.3 is 20.5 Å². The van der Waals surface area contributed by atoms with Gasteiger partial charge in [-0.05, 0) is 41.7 Å². The van der Waals surface area contributed by atoms with Crippen LogP contribution in [0.25, 0.3) is 10.8 Å². The summed E-state index contributed by atoms with van der Waals surface area (Å²) in [4.78, 5) is 14.6. The molecule has 2 unspecified atom stereocenters. The zero-order valence-electron chi connectivity index (χ0n) is 16.6. The minimum absolute atomic E-state index is 0.0136. The molecular weight excluding hydrogens is 433 g/mol. The van der Waals surface area contributed by atoms with Gasteiger partial charge in [0.15, 0.2) is 5.60 Å². The highest BCUT2D eigenvalue weighted by atomic mass is 35.5. The number of nitrogens with one attached hydrogen (secondary N) is 2. The molecule has 1 aliphatic rings. The molecule has 1 aromatic heterocycles. The number of anilines is 1. The van der Waals surface area contributed by atoms with E-state index in [1.165, 1.54) is 38.2 Å². The lowest BCUT2D eigenvalue weighted by atomic mass is 9.63. The number of hydrogen-bond acceptors (Lipinski definition) is 4. The molecule has 3 aromatic rings. The van der Waals surface area contributed by atoms with Crippen LogP contribution in [0, 0.1) is 0 Å². The van der Waals surface area contributed by atoms with Gasteiger partial charge in [0.1, 0.15) is 5.75 Å². The van der Waals surface area contributed by atoms with Crippen molar-refractivity contribution >= 4 is 28.1 Å². The van der Waals surface area contributed by atoms with Crippen LogP contribution in [0.15, 0.2) is 47.4 Å². The Morgan fingerprint density at radius 3 is 2.55 bits per heavy atom. The van der Waals surface area contributed by atoms with E-state index in [-0.39, 0.29) is 33.1 Å². The lowest BCUT2D eigenvalue weighted by Gasteiger charge is -2.49. The van der Waals surface area contributed by atoms with E-state index in [9.17, 15) is 28.2 Å². The second kappa shape index (κ2) is 6.90. The third kappa shape index (κ3) is 3.25. The molecule has 0 fully saturated rings. The van der Waals surface area contributed by atoms with Crippen molar-refractivity contribution in [3.63, 3.8) is 0 Å². The molecule has 1 heterocycles. The smallest absolute Gasteiger partial charge is 0.419 e. The van der Waals surface area contributed by atoms with E-state index in [1.807, 2.05) is 0 Å². The maximum absolute atomic E-state index is 14.2. The second-order valence-corrected chi connectivity index (χ2v) is 8.90. The molecule has 0 radical (unpaired) electrons. The summed E-state index contributed by atoms with van der Waals surface area (Å²) in [5.74, 6) is -0.311. The topological polar surface area (TPSA) is 85.4 Å². The number of aromatic nitrogens is 1. The number of aromatic amines is 1. The minimum atomic E-state index is -4.98. The van der Waals surface area contributed by atoms with Crippen LogP contribution in [0.1, 0.15) is 37.4 Å². The van der Waals surface area contributed by atoms with E-state index in [4.69, 9.17) is 11.6 Å². The van der Waals surface area contributed by atoms with Crippen molar-refractivity contribution in [2.75, 3.05) is 5.32 Å². The molecule has 0 aliphatic heterocycles. The van der Waals surface area contributed by atoms with Crippen LogP contribution in [-0.4, -0.2) is 27.0 Å². The van der Waals surface area contributed by atoms with Crippen molar-refractivity contribution in [3.8, 4) is 5.75 Å².